The molecule has 0 radical (unpaired) electrons. The highest BCUT2D eigenvalue weighted by molar-refractivity contribution is 6.37. The van der Waals surface area contributed by atoms with E-state index in [1.165, 1.54) is 6.07 Å². The first-order chi connectivity index (χ1) is 7.04. The van der Waals surface area contributed by atoms with Crippen LogP contribution >= 0.6 is 23.2 Å². The van der Waals surface area contributed by atoms with Crippen LogP contribution in [0.4, 0.5) is 11.6 Å². The van der Waals surface area contributed by atoms with E-state index in [9.17, 15) is 0 Å². The fourth-order valence-corrected chi connectivity index (χ4v) is 1.31. The Labute approximate surface area is 96.8 Å². The zero-order valence-electron chi connectivity index (χ0n) is 7.74. The number of nitrogens with one attached hydrogen (secondary N) is 1. The zero-order valence-corrected chi connectivity index (χ0v) is 9.26. The Morgan fingerprint density at radius 2 is 2.13 bits per heavy atom. The van der Waals surface area contributed by atoms with Crippen LogP contribution < -0.4 is 11.1 Å². The smallest absolute Gasteiger partial charge is 0.147 e. The van der Waals surface area contributed by atoms with Gasteiger partial charge in [-0.2, -0.15) is 0 Å². The van der Waals surface area contributed by atoms with Gasteiger partial charge in [-0.3, -0.25) is 0 Å². The van der Waals surface area contributed by atoms with Crippen molar-refractivity contribution in [2.75, 3.05) is 24.2 Å². The monoisotopic (exact) mass is 251 g/mol. The number of hydrogen-bond donors (Lipinski definition) is 4. The van der Waals surface area contributed by atoms with Gasteiger partial charge in [-0.25, -0.2) is 4.98 Å². The summed E-state index contributed by atoms with van der Waals surface area (Å²) in [6, 6.07) is 1.46. The fourth-order valence-electron chi connectivity index (χ4n) is 0.884. The van der Waals surface area contributed by atoms with Crippen LogP contribution in [0.3, 0.4) is 0 Å². The number of nitrogens with zero attached hydrogens (tertiary/aromatic N) is 1. The molecule has 84 valence electrons. The molecule has 0 aromatic carbocycles. The van der Waals surface area contributed by atoms with Gasteiger partial charge >= 0.3 is 0 Å². The largest absolute Gasteiger partial charge is 0.394 e. The van der Waals surface area contributed by atoms with E-state index in [0.717, 1.165) is 0 Å². The summed E-state index contributed by atoms with van der Waals surface area (Å²) < 4.78 is 0. The molecular formula is C8H11Cl2N3O2. The fraction of sp³-hybridized carbons (Fsp3) is 0.375. The Balaban J connectivity index is 2.73. The molecule has 0 aliphatic heterocycles. The summed E-state index contributed by atoms with van der Waals surface area (Å²) in [7, 11) is 0. The maximum atomic E-state index is 9.09. The van der Waals surface area contributed by atoms with E-state index in [1.807, 2.05) is 0 Å². The molecule has 7 heteroatoms. The first kappa shape index (κ1) is 12.3. The lowest BCUT2D eigenvalue weighted by Gasteiger charge is -2.11. The molecular weight excluding hydrogens is 241 g/mol. The van der Waals surface area contributed by atoms with Gasteiger partial charge in [0.1, 0.15) is 11.6 Å². The van der Waals surface area contributed by atoms with Crippen LogP contribution in [0.1, 0.15) is 0 Å². The number of nitrogens with two attached hydrogens (primary N) is 1. The van der Waals surface area contributed by atoms with Crippen molar-refractivity contribution < 1.29 is 10.2 Å². The summed E-state index contributed by atoms with van der Waals surface area (Å²) in [5, 5.41) is 21.0. The summed E-state index contributed by atoms with van der Waals surface area (Å²) in [6.45, 7) is -0.210. The van der Waals surface area contributed by atoms with Crippen LogP contribution in [-0.4, -0.2) is 34.5 Å². The predicted molar refractivity (Wildman–Crippen MR) is 60.3 cm³/mol. The van der Waals surface area contributed by atoms with Gasteiger partial charge in [0.2, 0.25) is 0 Å². The number of aromatic nitrogens is 1. The second kappa shape index (κ2) is 5.37. The van der Waals surface area contributed by atoms with Crippen molar-refractivity contribution in [2.24, 2.45) is 0 Å². The van der Waals surface area contributed by atoms with Crippen molar-refractivity contribution in [3.05, 3.63) is 16.1 Å². The number of rotatable bonds is 4. The second-order valence-electron chi connectivity index (χ2n) is 2.90. The molecule has 1 unspecified atom stereocenters. The molecule has 0 aliphatic rings. The van der Waals surface area contributed by atoms with E-state index in [1.54, 1.807) is 0 Å². The van der Waals surface area contributed by atoms with Crippen molar-refractivity contribution >= 4 is 34.8 Å². The lowest BCUT2D eigenvalue weighted by Crippen LogP contribution is -2.23. The van der Waals surface area contributed by atoms with Gasteiger partial charge in [0.25, 0.3) is 0 Å². The average Bonchev–Trinajstić information content (AvgIpc) is 2.21. The normalized spacial score (nSPS) is 12.5. The molecule has 0 spiro atoms. The minimum atomic E-state index is -0.875. The third kappa shape index (κ3) is 3.39. The minimum absolute atomic E-state index is 0.129. The van der Waals surface area contributed by atoms with Crippen molar-refractivity contribution in [1.29, 1.82) is 0 Å². The number of halogens is 2. The Kier molecular flexibility index (Phi) is 4.41. The SMILES string of the molecule is Nc1nc(NCC(O)CO)c(Cl)cc1Cl. The summed E-state index contributed by atoms with van der Waals surface area (Å²) in [4.78, 5) is 3.89. The number of nitrogen functional groups attached to an aromatic ring is 1. The van der Waals surface area contributed by atoms with Crippen molar-refractivity contribution in [2.45, 2.75) is 6.10 Å². The van der Waals surface area contributed by atoms with Crippen molar-refractivity contribution in [3.63, 3.8) is 0 Å². The molecule has 0 amide bonds. The molecule has 1 heterocycles. The van der Waals surface area contributed by atoms with E-state index in [0.29, 0.717) is 10.8 Å². The van der Waals surface area contributed by atoms with Gasteiger partial charge < -0.3 is 21.3 Å². The highest BCUT2D eigenvalue weighted by atomic mass is 35.5. The van der Waals surface area contributed by atoms with Crippen molar-refractivity contribution in [1.82, 2.24) is 4.98 Å². The summed E-state index contributed by atoms with van der Waals surface area (Å²) in [5.74, 6) is 0.480. The lowest BCUT2D eigenvalue weighted by molar-refractivity contribution is 0.105. The van der Waals surface area contributed by atoms with Gasteiger partial charge in [-0.05, 0) is 6.07 Å². The second-order valence-corrected chi connectivity index (χ2v) is 3.72. The molecule has 1 aromatic heterocycles. The van der Waals surface area contributed by atoms with Crippen molar-refractivity contribution in [3.8, 4) is 0 Å². The first-order valence-electron chi connectivity index (χ1n) is 4.19. The lowest BCUT2D eigenvalue weighted by atomic mass is 10.3. The molecule has 1 atom stereocenters. The summed E-state index contributed by atoms with van der Waals surface area (Å²) >= 11 is 11.5. The third-order valence-corrected chi connectivity index (χ3v) is 2.26. The molecule has 1 rings (SSSR count). The van der Waals surface area contributed by atoms with Crippen LogP contribution in [0, 0.1) is 0 Å². The van der Waals surface area contributed by atoms with Crippen LogP contribution in [0.15, 0.2) is 6.07 Å². The van der Waals surface area contributed by atoms with Gasteiger partial charge in [-0.15, -0.1) is 0 Å². The molecule has 0 aliphatic carbocycles. The third-order valence-electron chi connectivity index (χ3n) is 1.67. The van der Waals surface area contributed by atoms with Crippen LogP contribution in [0.2, 0.25) is 10.0 Å². The van der Waals surface area contributed by atoms with Gasteiger partial charge in [-0.1, -0.05) is 23.2 Å². The van der Waals surface area contributed by atoms with Crippen LogP contribution in [0.5, 0.6) is 0 Å². The standard InChI is InChI=1S/C8H11Cl2N3O2/c9-5-1-6(10)8(13-7(5)11)12-2-4(15)3-14/h1,4,14-15H,2-3H2,(H3,11,12,13). The van der Waals surface area contributed by atoms with Crippen LogP contribution in [-0.2, 0) is 0 Å². The highest BCUT2D eigenvalue weighted by Gasteiger charge is 2.08. The Hall–Kier alpha value is -0.750. The molecule has 1 aromatic rings. The topological polar surface area (TPSA) is 91.4 Å². The quantitative estimate of drug-likeness (QED) is 0.634. The van der Waals surface area contributed by atoms with E-state index < -0.39 is 6.10 Å². The molecule has 15 heavy (non-hydrogen) atoms. The van der Waals surface area contributed by atoms with E-state index in [-0.39, 0.29) is 24.0 Å². The Bertz CT molecular complexity index is 349. The predicted octanol–water partition coefficient (Wildman–Crippen LogP) is 0.736. The minimum Gasteiger partial charge on any atom is -0.394 e. The van der Waals surface area contributed by atoms with Gasteiger partial charge in [0.15, 0.2) is 0 Å². The number of anilines is 2. The van der Waals surface area contributed by atoms with Gasteiger partial charge in [0, 0.05) is 6.54 Å². The molecule has 0 saturated heterocycles. The Morgan fingerprint density at radius 3 is 2.73 bits per heavy atom. The number of aliphatic hydroxyl groups is 2. The number of pyridine rings is 1. The van der Waals surface area contributed by atoms with Gasteiger partial charge in [0.05, 0.1) is 22.8 Å². The van der Waals surface area contributed by atoms with E-state index in [4.69, 9.17) is 39.1 Å². The van der Waals surface area contributed by atoms with E-state index in [2.05, 4.69) is 10.3 Å². The maximum absolute atomic E-state index is 9.09. The highest BCUT2D eigenvalue weighted by Crippen LogP contribution is 2.27. The zero-order chi connectivity index (χ0) is 11.4. The first-order valence-corrected chi connectivity index (χ1v) is 4.94. The number of hydrogen-bond acceptors (Lipinski definition) is 5. The summed E-state index contributed by atoms with van der Waals surface area (Å²) in [5.41, 5.74) is 5.47. The number of aliphatic hydroxyl groups excluding tert-OH is 2. The van der Waals surface area contributed by atoms with Crippen LogP contribution in [0.25, 0.3) is 0 Å². The van der Waals surface area contributed by atoms with E-state index >= 15 is 0 Å². The molecule has 0 bridgehead atoms. The molecule has 5 N–H and O–H groups in total. The summed E-state index contributed by atoms with van der Waals surface area (Å²) in [6.07, 6.45) is -0.875. The maximum Gasteiger partial charge on any atom is 0.147 e. The molecule has 0 fully saturated rings. The Morgan fingerprint density at radius 1 is 1.47 bits per heavy atom. The molecule has 5 nitrogen and oxygen atoms in total. The average molecular weight is 252 g/mol. The molecule has 0 saturated carbocycles.